The predicted molar refractivity (Wildman–Crippen MR) is 84.7 cm³/mol. The van der Waals surface area contributed by atoms with Crippen molar-refractivity contribution >= 4 is 11.8 Å². The van der Waals surface area contributed by atoms with E-state index in [-0.39, 0.29) is 0 Å². The largest absolute Gasteiger partial charge is 0.316 e. The van der Waals surface area contributed by atoms with E-state index in [9.17, 15) is 0 Å². The van der Waals surface area contributed by atoms with Crippen molar-refractivity contribution in [2.24, 2.45) is 5.92 Å². The lowest BCUT2D eigenvalue weighted by Crippen LogP contribution is -2.23. The standard InChI is InChI=1S/C15H21N5S/c1-2-8-14(9-3-1)20-15(17-18-19-20)21-11-10-16-12-13-6-4-5-7-13/h1-3,8-9,13,16H,4-7,10-12H2. The molecule has 1 N–H and O–H groups in total. The van der Waals surface area contributed by atoms with E-state index < -0.39 is 0 Å². The zero-order valence-corrected chi connectivity index (χ0v) is 12.9. The molecule has 1 aromatic heterocycles. The zero-order valence-electron chi connectivity index (χ0n) is 12.1. The summed E-state index contributed by atoms with van der Waals surface area (Å²) in [6.45, 7) is 2.16. The third kappa shape index (κ3) is 4.04. The topological polar surface area (TPSA) is 55.6 Å². The Labute approximate surface area is 129 Å². The lowest BCUT2D eigenvalue weighted by Gasteiger charge is -2.10. The van der Waals surface area contributed by atoms with Gasteiger partial charge in [-0.1, -0.05) is 42.8 Å². The van der Waals surface area contributed by atoms with Crippen molar-refractivity contribution in [1.82, 2.24) is 25.5 Å². The molecule has 1 aliphatic rings. The first-order valence-corrected chi connectivity index (χ1v) is 8.59. The fourth-order valence-electron chi connectivity index (χ4n) is 2.74. The maximum Gasteiger partial charge on any atom is 0.214 e. The van der Waals surface area contributed by atoms with Gasteiger partial charge in [0, 0.05) is 12.3 Å². The van der Waals surface area contributed by atoms with Gasteiger partial charge in [-0.25, -0.2) is 0 Å². The monoisotopic (exact) mass is 303 g/mol. The Morgan fingerprint density at radius 1 is 1.19 bits per heavy atom. The minimum atomic E-state index is 0.851. The predicted octanol–water partition coefficient (Wildman–Crippen LogP) is 2.53. The van der Waals surface area contributed by atoms with Crippen LogP contribution in [0.5, 0.6) is 0 Å². The van der Waals surface area contributed by atoms with Gasteiger partial charge in [-0.15, -0.1) is 5.10 Å². The van der Waals surface area contributed by atoms with Crippen LogP contribution in [0.2, 0.25) is 0 Å². The van der Waals surface area contributed by atoms with Crippen LogP contribution in [0.25, 0.3) is 5.69 Å². The second-order valence-corrected chi connectivity index (χ2v) is 6.47. The van der Waals surface area contributed by atoms with Crippen LogP contribution in [0.15, 0.2) is 35.5 Å². The van der Waals surface area contributed by atoms with Crippen LogP contribution >= 0.6 is 11.8 Å². The minimum absolute atomic E-state index is 0.851. The summed E-state index contributed by atoms with van der Waals surface area (Å²) in [5.74, 6) is 1.88. The van der Waals surface area contributed by atoms with Crippen molar-refractivity contribution < 1.29 is 0 Å². The van der Waals surface area contributed by atoms with Gasteiger partial charge in [0.25, 0.3) is 0 Å². The first-order valence-electron chi connectivity index (χ1n) is 7.61. The molecule has 1 aliphatic carbocycles. The highest BCUT2D eigenvalue weighted by Crippen LogP contribution is 2.23. The van der Waals surface area contributed by atoms with Gasteiger partial charge in [0.2, 0.25) is 5.16 Å². The lowest BCUT2D eigenvalue weighted by atomic mass is 10.1. The molecule has 1 fully saturated rings. The van der Waals surface area contributed by atoms with E-state index in [0.717, 1.165) is 35.6 Å². The molecule has 0 radical (unpaired) electrons. The first-order chi connectivity index (χ1) is 10.4. The Kier molecular flexibility index (Phi) is 5.23. The number of thioether (sulfide) groups is 1. The van der Waals surface area contributed by atoms with Crippen molar-refractivity contribution in [2.75, 3.05) is 18.8 Å². The number of benzene rings is 1. The summed E-state index contributed by atoms with van der Waals surface area (Å²) in [6, 6.07) is 10.0. The van der Waals surface area contributed by atoms with Crippen LogP contribution in [-0.2, 0) is 0 Å². The number of nitrogens with one attached hydrogen (secondary N) is 1. The molecule has 6 heteroatoms. The van der Waals surface area contributed by atoms with Crippen molar-refractivity contribution in [2.45, 2.75) is 30.8 Å². The average molecular weight is 303 g/mol. The van der Waals surface area contributed by atoms with Crippen LogP contribution in [0, 0.1) is 5.92 Å². The number of para-hydroxylation sites is 1. The third-order valence-corrected chi connectivity index (χ3v) is 4.78. The molecule has 0 amide bonds. The second kappa shape index (κ2) is 7.56. The fourth-order valence-corrected chi connectivity index (χ4v) is 3.52. The molecule has 0 saturated heterocycles. The number of hydrogen-bond acceptors (Lipinski definition) is 5. The average Bonchev–Trinajstić information content (AvgIpc) is 3.19. The fraction of sp³-hybridized carbons (Fsp3) is 0.533. The van der Waals surface area contributed by atoms with Gasteiger partial charge in [0.15, 0.2) is 0 Å². The Balaban J connectivity index is 1.44. The summed E-state index contributed by atoms with van der Waals surface area (Å²) >= 11 is 1.70. The third-order valence-electron chi connectivity index (χ3n) is 3.86. The van der Waals surface area contributed by atoms with E-state index in [2.05, 4.69) is 20.8 Å². The van der Waals surface area contributed by atoms with Gasteiger partial charge in [-0.05, 0) is 47.9 Å². The number of rotatable bonds is 7. The lowest BCUT2D eigenvalue weighted by molar-refractivity contribution is 0.500. The van der Waals surface area contributed by atoms with Crippen molar-refractivity contribution in [3.8, 4) is 5.69 Å². The highest BCUT2D eigenvalue weighted by atomic mass is 32.2. The number of hydrogen-bond donors (Lipinski definition) is 1. The Bertz CT molecular complexity index is 536. The SMILES string of the molecule is c1ccc(-n2nnnc2SCCNCC2CCCC2)cc1. The minimum Gasteiger partial charge on any atom is -0.316 e. The molecular weight excluding hydrogens is 282 g/mol. The molecule has 0 unspecified atom stereocenters. The number of aromatic nitrogens is 4. The molecule has 2 aromatic rings. The molecule has 1 saturated carbocycles. The summed E-state index contributed by atoms with van der Waals surface area (Å²) < 4.78 is 1.79. The molecule has 1 heterocycles. The highest BCUT2D eigenvalue weighted by Gasteiger charge is 2.14. The molecule has 0 spiro atoms. The van der Waals surface area contributed by atoms with Crippen LogP contribution in [0.3, 0.4) is 0 Å². The maximum atomic E-state index is 4.10. The molecule has 0 aliphatic heterocycles. The molecule has 3 rings (SSSR count). The van der Waals surface area contributed by atoms with Crippen LogP contribution in [0.1, 0.15) is 25.7 Å². The van der Waals surface area contributed by atoms with Crippen LogP contribution in [0.4, 0.5) is 0 Å². The van der Waals surface area contributed by atoms with Gasteiger partial charge in [-0.3, -0.25) is 0 Å². The quantitative estimate of drug-likeness (QED) is 0.629. The summed E-state index contributed by atoms with van der Waals surface area (Å²) in [5.41, 5.74) is 1.00. The summed E-state index contributed by atoms with van der Waals surface area (Å²) in [5, 5.41) is 16.4. The Morgan fingerprint density at radius 3 is 2.81 bits per heavy atom. The van der Waals surface area contributed by atoms with Gasteiger partial charge < -0.3 is 5.32 Å². The summed E-state index contributed by atoms with van der Waals surface area (Å²) in [6.07, 6.45) is 5.61. The zero-order chi connectivity index (χ0) is 14.3. The first kappa shape index (κ1) is 14.5. The molecular formula is C15H21N5S. The molecule has 1 aromatic carbocycles. The second-order valence-electron chi connectivity index (χ2n) is 5.41. The van der Waals surface area contributed by atoms with E-state index in [4.69, 9.17) is 0 Å². The van der Waals surface area contributed by atoms with Crippen LogP contribution < -0.4 is 5.32 Å². The van der Waals surface area contributed by atoms with E-state index >= 15 is 0 Å². The highest BCUT2D eigenvalue weighted by molar-refractivity contribution is 7.99. The Morgan fingerprint density at radius 2 is 2.00 bits per heavy atom. The van der Waals surface area contributed by atoms with Crippen molar-refractivity contribution in [3.63, 3.8) is 0 Å². The van der Waals surface area contributed by atoms with Crippen molar-refractivity contribution in [1.29, 1.82) is 0 Å². The van der Waals surface area contributed by atoms with Crippen molar-refractivity contribution in [3.05, 3.63) is 30.3 Å². The van der Waals surface area contributed by atoms with E-state index in [1.165, 1.54) is 25.7 Å². The Hall–Kier alpha value is -1.40. The van der Waals surface area contributed by atoms with Gasteiger partial charge >= 0.3 is 0 Å². The summed E-state index contributed by atoms with van der Waals surface area (Å²) in [7, 11) is 0. The van der Waals surface area contributed by atoms with Gasteiger partial charge in [0.1, 0.15) is 0 Å². The van der Waals surface area contributed by atoms with Gasteiger partial charge in [0.05, 0.1) is 5.69 Å². The summed E-state index contributed by atoms with van der Waals surface area (Å²) in [4.78, 5) is 0. The smallest absolute Gasteiger partial charge is 0.214 e. The molecule has 5 nitrogen and oxygen atoms in total. The van der Waals surface area contributed by atoms with E-state index in [1.807, 2.05) is 30.3 Å². The maximum absolute atomic E-state index is 4.10. The normalized spacial score (nSPS) is 15.6. The van der Waals surface area contributed by atoms with Crippen LogP contribution in [-0.4, -0.2) is 39.0 Å². The van der Waals surface area contributed by atoms with E-state index in [0.29, 0.717) is 0 Å². The van der Waals surface area contributed by atoms with Gasteiger partial charge in [-0.2, -0.15) is 4.68 Å². The van der Waals surface area contributed by atoms with E-state index in [1.54, 1.807) is 16.4 Å². The molecule has 112 valence electrons. The number of nitrogens with zero attached hydrogens (tertiary/aromatic N) is 4. The number of tetrazole rings is 1. The molecule has 0 atom stereocenters. The molecule has 21 heavy (non-hydrogen) atoms. The molecule has 0 bridgehead atoms.